The zero-order chi connectivity index (χ0) is 22.3. The number of benzene rings is 1. The summed E-state index contributed by atoms with van der Waals surface area (Å²) in [6.07, 6.45) is -0.630. The highest BCUT2D eigenvalue weighted by molar-refractivity contribution is 9.10. The van der Waals surface area contributed by atoms with Gasteiger partial charge in [-0.3, -0.25) is 4.79 Å². The molecule has 0 fully saturated rings. The van der Waals surface area contributed by atoms with Gasteiger partial charge in [-0.25, -0.2) is 14.2 Å². The number of alkyl carbamates (subject to hydrolysis) is 1. The second kappa shape index (κ2) is 8.02. The molecule has 1 aliphatic rings. The Kier molecular flexibility index (Phi) is 5.95. The molecule has 0 saturated heterocycles. The van der Waals surface area contributed by atoms with E-state index in [0.29, 0.717) is 24.6 Å². The molecule has 0 atom stereocenters. The van der Waals surface area contributed by atoms with E-state index in [9.17, 15) is 14.0 Å². The highest BCUT2D eigenvalue weighted by atomic mass is 79.9. The summed E-state index contributed by atoms with van der Waals surface area (Å²) in [4.78, 5) is 31.0. The number of ether oxygens (including phenoxy) is 1. The third kappa shape index (κ3) is 4.83. The predicted octanol–water partition coefficient (Wildman–Crippen LogP) is 4.05. The van der Waals surface area contributed by atoms with Gasteiger partial charge in [0.15, 0.2) is 0 Å². The fraction of sp³-hybridized carbons (Fsp3) is 0.476. The molecule has 0 aliphatic carbocycles. The lowest BCUT2D eigenvalue weighted by Crippen LogP contribution is -2.51. The lowest BCUT2D eigenvalue weighted by molar-refractivity contribution is -0.133. The standard InChI is InChI=1S/C21H26BrFN4O3/c1-20(2,3)30-19(29)24-10-16(28)26-11-15-25-17(13-6-8-14(23)9-7-13)18(22)27(15)21(4,5)12-26/h6-9H,10-12H2,1-5H3,(H,24,29). The van der Waals surface area contributed by atoms with E-state index >= 15 is 0 Å². The van der Waals surface area contributed by atoms with E-state index in [4.69, 9.17) is 9.72 Å². The average Bonchev–Trinajstić information content (AvgIpc) is 2.96. The van der Waals surface area contributed by atoms with E-state index < -0.39 is 17.2 Å². The molecule has 0 saturated carbocycles. The predicted molar refractivity (Wildman–Crippen MR) is 114 cm³/mol. The van der Waals surface area contributed by atoms with Crippen molar-refractivity contribution in [1.29, 1.82) is 0 Å². The zero-order valence-corrected chi connectivity index (χ0v) is 19.3. The fourth-order valence-electron chi connectivity index (χ4n) is 3.47. The van der Waals surface area contributed by atoms with Gasteiger partial charge in [0.1, 0.15) is 34.1 Å². The molecule has 162 valence electrons. The summed E-state index contributed by atoms with van der Waals surface area (Å²) in [7, 11) is 0. The van der Waals surface area contributed by atoms with Crippen molar-refractivity contribution < 1.29 is 18.7 Å². The Morgan fingerprint density at radius 3 is 2.50 bits per heavy atom. The lowest BCUT2D eigenvalue weighted by atomic mass is 10.0. The monoisotopic (exact) mass is 480 g/mol. The number of rotatable bonds is 3. The van der Waals surface area contributed by atoms with Crippen molar-refractivity contribution in [2.24, 2.45) is 0 Å². The minimum Gasteiger partial charge on any atom is -0.444 e. The van der Waals surface area contributed by atoms with Crippen LogP contribution in [-0.2, 0) is 21.6 Å². The number of nitrogens with zero attached hydrogens (tertiary/aromatic N) is 3. The molecule has 1 aliphatic heterocycles. The van der Waals surface area contributed by atoms with Gasteiger partial charge in [-0.15, -0.1) is 0 Å². The number of aromatic nitrogens is 2. The van der Waals surface area contributed by atoms with Crippen LogP contribution in [-0.4, -0.2) is 45.1 Å². The number of amides is 2. The SMILES string of the molecule is CC(C)(C)OC(=O)NCC(=O)N1Cc2nc(-c3ccc(F)cc3)c(Br)n2C(C)(C)C1. The molecule has 0 radical (unpaired) electrons. The van der Waals surface area contributed by atoms with E-state index in [1.54, 1.807) is 37.8 Å². The topological polar surface area (TPSA) is 76.5 Å². The minimum absolute atomic E-state index is 0.155. The highest BCUT2D eigenvalue weighted by Gasteiger charge is 2.37. The summed E-state index contributed by atoms with van der Waals surface area (Å²) in [5.74, 6) is 0.180. The maximum atomic E-state index is 13.3. The van der Waals surface area contributed by atoms with Crippen LogP contribution in [0.15, 0.2) is 28.9 Å². The Morgan fingerprint density at radius 1 is 1.27 bits per heavy atom. The average molecular weight is 481 g/mol. The summed E-state index contributed by atoms with van der Waals surface area (Å²) in [6.45, 7) is 9.91. The van der Waals surface area contributed by atoms with E-state index in [0.717, 1.165) is 10.2 Å². The molecule has 3 rings (SSSR count). The number of carbonyl (C=O) groups is 2. The van der Waals surface area contributed by atoms with Crippen LogP contribution in [0.25, 0.3) is 11.3 Å². The van der Waals surface area contributed by atoms with Gasteiger partial charge in [-0.2, -0.15) is 0 Å². The first-order valence-electron chi connectivity index (χ1n) is 9.65. The molecule has 0 bridgehead atoms. The molecule has 2 amide bonds. The van der Waals surface area contributed by atoms with Crippen molar-refractivity contribution >= 4 is 27.9 Å². The maximum absolute atomic E-state index is 13.3. The molecule has 2 aromatic rings. The van der Waals surface area contributed by atoms with Crippen molar-refractivity contribution in [1.82, 2.24) is 19.8 Å². The van der Waals surface area contributed by atoms with Gasteiger partial charge in [0.05, 0.1) is 12.1 Å². The van der Waals surface area contributed by atoms with Crippen LogP contribution < -0.4 is 5.32 Å². The normalized spacial score (nSPS) is 15.5. The summed E-state index contributed by atoms with van der Waals surface area (Å²) in [6, 6.07) is 6.14. The first-order chi connectivity index (χ1) is 13.9. The van der Waals surface area contributed by atoms with Crippen LogP contribution in [0.4, 0.5) is 9.18 Å². The molecule has 0 unspecified atom stereocenters. The van der Waals surface area contributed by atoms with Crippen LogP contribution in [0.2, 0.25) is 0 Å². The van der Waals surface area contributed by atoms with Gasteiger partial charge in [0.25, 0.3) is 0 Å². The number of fused-ring (bicyclic) bond motifs is 1. The van der Waals surface area contributed by atoms with Crippen LogP contribution in [0, 0.1) is 5.82 Å². The van der Waals surface area contributed by atoms with Gasteiger partial charge in [-0.1, -0.05) is 0 Å². The molecule has 7 nitrogen and oxygen atoms in total. The molecule has 1 aromatic carbocycles. The molecule has 1 aromatic heterocycles. The lowest BCUT2D eigenvalue weighted by Gasteiger charge is -2.40. The van der Waals surface area contributed by atoms with Crippen LogP contribution >= 0.6 is 15.9 Å². The largest absolute Gasteiger partial charge is 0.444 e. The molecule has 9 heteroatoms. The first-order valence-corrected chi connectivity index (χ1v) is 10.4. The second-order valence-corrected chi connectivity index (χ2v) is 9.68. The Labute approximate surface area is 183 Å². The number of hydrogen-bond donors (Lipinski definition) is 1. The van der Waals surface area contributed by atoms with Crippen LogP contribution in [0.3, 0.4) is 0 Å². The number of nitrogens with one attached hydrogen (secondary N) is 1. The highest BCUT2D eigenvalue weighted by Crippen LogP contribution is 2.37. The van der Waals surface area contributed by atoms with Gasteiger partial charge in [0.2, 0.25) is 5.91 Å². The van der Waals surface area contributed by atoms with Crippen molar-refractivity contribution in [3.8, 4) is 11.3 Å². The number of carbonyl (C=O) groups excluding carboxylic acids is 2. The molecule has 0 spiro atoms. The smallest absolute Gasteiger partial charge is 0.408 e. The Morgan fingerprint density at radius 2 is 1.90 bits per heavy atom. The number of halogens is 2. The van der Waals surface area contributed by atoms with E-state index in [-0.39, 0.29) is 18.3 Å². The third-order valence-electron chi connectivity index (χ3n) is 4.66. The first kappa shape index (κ1) is 22.3. The molecule has 1 N–H and O–H groups in total. The van der Waals surface area contributed by atoms with Crippen molar-refractivity contribution in [2.45, 2.75) is 52.3 Å². The number of imidazole rings is 1. The van der Waals surface area contributed by atoms with E-state index in [1.165, 1.54) is 12.1 Å². The summed E-state index contributed by atoms with van der Waals surface area (Å²) >= 11 is 3.63. The van der Waals surface area contributed by atoms with Gasteiger partial charge in [-0.05, 0) is 74.8 Å². The van der Waals surface area contributed by atoms with Gasteiger partial charge in [0, 0.05) is 12.1 Å². The van der Waals surface area contributed by atoms with Gasteiger partial charge < -0.3 is 19.5 Å². The Balaban J connectivity index is 1.78. The summed E-state index contributed by atoms with van der Waals surface area (Å²) in [5, 5.41) is 2.51. The van der Waals surface area contributed by atoms with E-state index in [2.05, 4.69) is 25.8 Å². The van der Waals surface area contributed by atoms with Crippen molar-refractivity contribution in [3.05, 3.63) is 40.5 Å². The fourth-order valence-corrected chi connectivity index (χ4v) is 4.47. The van der Waals surface area contributed by atoms with Crippen molar-refractivity contribution in [3.63, 3.8) is 0 Å². The summed E-state index contributed by atoms with van der Waals surface area (Å²) < 4.78 is 21.3. The van der Waals surface area contributed by atoms with Crippen LogP contribution in [0.5, 0.6) is 0 Å². The zero-order valence-electron chi connectivity index (χ0n) is 17.8. The minimum atomic E-state index is -0.631. The molecular weight excluding hydrogens is 455 g/mol. The molecular formula is C21H26BrFN4O3. The third-order valence-corrected chi connectivity index (χ3v) is 5.39. The molecule has 2 heterocycles. The second-order valence-electron chi connectivity index (χ2n) is 8.93. The summed E-state index contributed by atoms with van der Waals surface area (Å²) in [5.41, 5.74) is 0.414. The number of hydrogen-bond acceptors (Lipinski definition) is 4. The van der Waals surface area contributed by atoms with Crippen molar-refractivity contribution in [2.75, 3.05) is 13.1 Å². The Hall–Kier alpha value is -2.42. The van der Waals surface area contributed by atoms with Gasteiger partial charge >= 0.3 is 6.09 Å². The van der Waals surface area contributed by atoms with E-state index in [1.807, 2.05) is 13.8 Å². The quantitative estimate of drug-likeness (QED) is 0.718. The maximum Gasteiger partial charge on any atom is 0.408 e. The molecule has 30 heavy (non-hydrogen) atoms. The Bertz CT molecular complexity index is 964. The van der Waals surface area contributed by atoms with Crippen LogP contribution in [0.1, 0.15) is 40.4 Å².